The first-order chi connectivity index (χ1) is 5.62. The minimum absolute atomic E-state index is 0.248. The molecule has 0 amide bonds. The van der Waals surface area contributed by atoms with Gasteiger partial charge in [0.05, 0.1) is 6.10 Å². The highest BCUT2D eigenvalue weighted by atomic mass is 16.7. The Hall–Kier alpha value is -0.120. The zero-order valence-corrected chi connectivity index (χ0v) is 8.29. The first-order valence-electron chi connectivity index (χ1n) is 4.36. The van der Waals surface area contributed by atoms with Crippen LogP contribution < -0.4 is 0 Å². The van der Waals surface area contributed by atoms with Gasteiger partial charge in [0, 0.05) is 14.2 Å². The topological polar surface area (TPSA) is 27.7 Å². The van der Waals surface area contributed by atoms with E-state index < -0.39 is 0 Å². The van der Waals surface area contributed by atoms with Crippen molar-refractivity contribution in [3.8, 4) is 0 Å². The van der Waals surface area contributed by atoms with Crippen LogP contribution in [0.25, 0.3) is 0 Å². The van der Waals surface area contributed by atoms with Crippen molar-refractivity contribution in [1.82, 2.24) is 0 Å². The molecule has 12 heavy (non-hydrogen) atoms. The van der Waals surface area contributed by atoms with Gasteiger partial charge in [0.1, 0.15) is 5.60 Å². The third kappa shape index (κ3) is 1.79. The van der Waals surface area contributed by atoms with Crippen LogP contribution in [0.3, 0.4) is 0 Å². The van der Waals surface area contributed by atoms with Crippen LogP contribution in [0, 0.1) is 0 Å². The summed E-state index contributed by atoms with van der Waals surface area (Å²) in [4.78, 5) is 0. The molecule has 0 bridgehead atoms. The molecular formula is C9H18O3. The Morgan fingerprint density at radius 1 is 1.42 bits per heavy atom. The molecule has 72 valence electrons. The highest BCUT2D eigenvalue weighted by Gasteiger charge is 2.41. The Labute approximate surface area is 74.0 Å². The molecule has 0 unspecified atom stereocenters. The first kappa shape index (κ1) is 9.96. The van der Waals surface area contributed by atoms with Gasteiger partial charge in [0.15, 0.2) is 6.29 Å². The smallest absolute Gasteiger partial charge is 0.185 e. The molecule has 1 fully saturated rings. The van der Waals surface area contributed by atoms with Gasteiger partial charge in [0.25, 0.3) is 0 Å². The van der Waals surface area contributed by atoms with Crippen molar-refractivity contribution in [3.63, 3.8) is 0 Å². The van der Waals surface area contributed by atoms with E-state index in [-0.39, 0.29) is 11.9 Å². The van der Waals surface area contributed by atoms with Crippen LogP contribution >= 0.6 is 0 Å². The summed E-state index contributed by atoms with van der Waals surface area (Å²) < 4.78 is 16.1. The van der Waals surface area contributed by atoms with Crippen molar-refractivity contribution >= 4 is 0 Å². The fraction of sp³-hybridized carbons (Fsp3) is 1.00. The van der Waals surface area contributed by atoms with Crippen LogP contribution in [0.1, 0.15) is 26.7 Å². The number of methoxy groups -OCH3 is 2. The second-order valence-corrected chi connectivity index (χ2v) is 3.58. The van der Waals surface area contributed by atoms with Crippen molar-refractivity contribution in [2.24, 2.45) is 0 Å². The van der Waals surface area contributed by atoms with Crippen LogP contribution in [-0.2, 0) is 14.2 Å². The van der Waals surface area contributed by atoms with E-state index in [2.05, 4.69) is 6.92 Å². The van der Waals surface area contributed by atoms with E-state index >= 15 is 0 Å². The number of ether oxygens (including phenoxy) is 3. The minimum Gasteiger partial charge on any atom is -0.367 e. The molecule has 0 radical (unpaired) electrons. The van der Waals surface area contributed by atoms with E-state index in [1.165, 1.54) is 0 Å². The Balaban J connectivity index is 2.58. The van der Waals surface area contributed by atoms with Gasteiger partial charge < -0.3 is 14.2 Å². The average Bonchev–Trinajstić information content (AvgIpc) is 2.34. The second-order valence-electron chi connectivity index (χ2n) is 3.58. The molecule has 1 saturated heterocycles. The maximum Gasteiger partial charge on any atom is 0.185 e. The van der Waals surface area contributed by atoms with Gasteiger partial charge in [-0.15, -0.1) is 0 Å². The van der Waals surface area contributed by atoms with E-state index in [1.54, 1.807) is 14.2 Å². The van der Waals surface area contributed by atoms with Crippen LogP contribution in [-0.4, -0.2) is 32.2 Å². The fourth-order valence-electron chi connectivity index (χ4n) is 1.84. The quantitative estimate of drug-likeness (QED) is 0.608. The van der Waals surface area contributed by atoms with Crippen LogP contribution in [0.4, 0.5) is 0 Å². The van der Waals surface area contributed by atoms with Crippen molar-refractivity contribution in [3.05, 3.63) is 0 Å². The highest BCUT2D eigenvalue weighted by molar-refractivity contribution is 4.86. The third-order valence-corrected chi connectivity index (χ3v) is 2.44. The summed E-state index contributed by atoms with van der Waals surface area (Å²) in [5.74, 6) is 0. The van der Waals surface area contributed by atoms with Crippen molar-refractivity contribution in [1.29, 1.82) is 0 Å². The Kier molecular flexibility index (Phi) is 3.09. The molecule has 0 aromatic carbocycles. The second kappa shape index (κ2) is 3.73. The standard InChI is InChI=1S/C9H18O3/c1-7-5-6-9(2,12-7)8(10-3)11-4/h7-8H,5-6H2,1-4H3/t7-,9+/m0/s1. The normalized spacial score (nSPS) is 36.2. The zero-order chi connectivity index (χ0) is 9.19. The van der Waals surface area contributed by atoms with Gasteiger partial charge in [-0.2, -0.15) is 0 Å². The van der Waals surface area contributed by atoms with Crippen molar-refractivity contribution < 1.29 is 14.2 Å². The molecule has 3 nitrogen and oxygen atoms in total. The highest BCUT2D eigenvalue weighted by Crippen LogP contribution is 2.34. The van der Waals surface area contributed by atoms with Gasteiger partial charge in [0.2, 0.25) is 0 Å². The van der Waals surface area contributed by atoms with E-state index in [0.29, 0.717) is 6.10 Å². The molecule has 0 aliphatic carbocycles. The summed E-state index contributed by atoms with van der Waals surface area (Å²) in [5.41, 5.74) is -0.261. The van der Waals surface area contributed by atoms with Gasteiger partial charge >= 0.3 is 0 Å². The molecule has 1 rings (SSSR count). The van der Waals surface area contributed by atoms with Gasteiger partial charge in [-0.3, -0.25) is 0 Å². The lowest BCUT2D eigenvalue weighted by atomic mass is 10.0. The molecule has 2 atom stereocenters. The molecule has 3 heteroatoms. The van der Waals surface area contributed by atoms with Gasteiger partial charge in [-0.05, 0) is 26.7 Å². The average molecular weight is 174 g/mol. The maximum atomic E-state index is 5.74. The van der Waals surface area contributed by atoms with E-state index in [9.17, 15) is 0 Å². The lowest BCUT2D eigenvalue weighted by Crippen LogP contribution is -2.41. The van der Waals surface area contributed by atoms with Gasteiger partial charge in [-0.25, -0.2) is 0 Å². The van der Waals surface area contributed by atoms with Crippen LogP contribution in [0.15, 0.2) is 0 Å². The number of rotatable bonds is 3. The molecule has 0 saturated carbocycles. The summed E-state index contributed by atoms with van der Waals surface area (Å²) >= 11 is 0. The molecule has 1 aliphatic rings. The van der Waals surface area contributed by atoms with Crippen molar-refractivity contribution in [2.75, 3.05) is 14.2 Å². The molecule has 0 N–H and O–H groups in total. The lowest BCUT2D eigenvalue weighted by molar-refractivity contribution is -0.219. The summed E-state index contributed by atoms with van der Waals surface area (Å²) in [6, 6.07) is 0. The van der Waals surface area contributed by atoms with Gasteiger partial charge in [-0.1, -0.05) is 0 Å². The molecular weight excluding hydrogens is 156 g/mol. The van der Waals surface area contributed by atoms with Crippen molar-refractivity contribution in [2.45, 2.75) is 44.7 Å². The molecule has 1 aliphatic heterocycles. The molecule has 0 aromatic rings. The Morgan fingerprint density at radius 3 is 2.33 bits per heavy atom. The Morgan fingerprint density at radius 2 is 2.00 bits per heavy atom. The van der Waals surface area contributed by atoms with Crippen LogP contribution in [0.2, 0.25) is 0 Å². The van der Waals surface area contributed by atoms with E-state index in [4.69, 9.17) is 14.2 Å². The monoisotopic (exact) mass is 174 g/mol. The first-order valence-corrected chi connectivity index (χ1v) is 4.36. The third-order valence-electron chi connectivity index (χ3n) is 2.44. The van der Waals surface area contributed by atoms with Crippen LogP contribution in [0.5, 0.6) is 0 Å². The van der Waals surface area contributed by atoms with E-state index in [1.807, 2.05) is 6.92 Å². The summed E-state index contributed by atoms with van der Waals surface area (Å²) in [6.45, 7) is 4.11. The summed E-state index contributed by atoms with van der Waals surface area (Å²) in [5, 5.41) is 0. The molecule has 0 spiro atoms. The maximum absolute atomic E-state index is 5.74. The predicted octanol–water partition coefficient (Wildman–Crippen LogP) is 1.56. The number of hydrogen-bond donors (Lipinski definition) is 0. The largest absolute Gasteiger partial charge is 0.367 e. The summed E-state index contributed by atoms with van der Waals surface area (Å²) in [6.07, 6.45) is 2.16. The molecule has 1 heterocycles. The minimum atomic E-state index is -0.261. The summed E-state index contributed by atoms with van der Waals surface area (Å²) in [7, 11) is 3.29. The SMILES string of the molecule is COC(OC)[C@@]1(C)CC[C@H](C)O1. The predicted molar refractivity (Wildman–Crippen MR) is 46.0 cm³/mol. The zero-order valence-electron chi connectivity index (χ0n) is 8.29. The molecule has 0 aromatic heterocycles. The van der Waals surface area contributed by atoms with E-state index in [0.717, 1.165) is 12.8 Å². The fourth-order valence-corrected chi connectivity index (χ4v) is 1.84. The Bertz CT molecular complexity index is 145. The lowest BCUT2D eigenvalue weighted by Gasteiger charge is -2.31. The number of hydrogen-bond acceptors (Lipinski definition) is 3.